The van der Waals surface area contributed by atoms with Crippen LogP contribution < -0.4 is 5.73 Å². The molecule has 44 valence electrons. The van der Waals surface area contributed by atoms with E-state index in [1.807, 2.05) is 0 Å². The van der Waals surface area contributed by atoms with Crippen LogP contribution in [0.4, 0.5) is 0 Å². The van der Waals surface area contributed by atoms with Crippen molar-refractivity contribution in [3.05, 3.63) is 0 Å². The lowest BCUT2D eigenvalue weighted by Crippen LogP contribution is -2.35. The molecule has 0 bridgehead atoms. The second kappa shape index (κ2) is 3.53. The number of terminal acetylenes is 1. The van der Waals surface area contributed by atoms with Crippen LogP contribution in [-0.2, 0) is 0 Å². The van der Waals surface area contributed by atoms with E-state index in [0.717, 1.165) is 0 Å². The molecular formula is C5H10BNO. The highest BCUT2D eigenvalue weighted by molar-refractivity contribution is 6.50. The van der Waals surface area contributed by atoms with Gasteiger partial charge in [0.15, 0.2) is 0 Å². The number of hydrogen-bond donors (Lipinski definition) is 2. The monoisotopic (exact) mass is 111 g/mol. The molecule has 0 aromatic heterocycles. The van der Waals surface area contributed by atoms with E-state index in [1.54, 1.807) is 6.82 Å². The van der Waals surface area contributed by atoms with Gasteiger partial charge in [0.05, 0.1) is 0 Å². The standard InChI is InChI=1S/C5H10BNO/c1-3-4-5(7)6(2)8/h1,5,8H,4,7H2,2H3/t5-/m0/s1. The van der Waals surface area contributed by atoms with Crippen molar-refractivity contribution >= 4 is 6.92 Å². The molecule has 0 fully saturated rings. The molecule has 0 spiro atoms. The summed E-state index contributed by atoms with van der Waals surface area (Å²) in [5.74, 6) is 2.10. The first-order valence-electron chi connectivity index (χ1n) is 2.55. The topological polar surface area (TPSA) is 46.2 Å². The van der Waals surface area contributed by atoms with E-state index in [-0.39, 0.29) is 5.94 Å². The first-order chi connectivity index (χ1) is 3.68. The summed E-state index contributed by atoms with van der Waals surface area (Å²) in [5.41, 5.74) is 5.33. The van der Waals surface area contributed by atoms with Crippen LogP contribution in [0.2, 0.25) is 6.82 Å². The minimum absolute atomic E-state index is 0.264. The van der Waals surface area contributed by atoms with Crippen LogP contribution in [0.1, 0.15) is 6.42 Å². The van der Waals surface area contributed by atoms with Crippen LogP contribution in [0.15, 0.2) is 0 Å². The summed E-state index contributed by atoms with van der Waals surface area (Å²) in [6, 6.07) is 0. The van der Waals surface area contributed by atoms with Gasteiger partial charge in [0.2, 0.25) is 0 Å². The highest BCUT2D eigenvalue weighted by Crippen LogP contribution is 1.87. The zero-order chi connectivity index (χ0) is 6.57. The SMILES string of the molecule is C#CC[C@H](N)B(C)O. The Labute approximate surface area is 50.2 Å². The smallest absolute Gasteiger partial charge is 0.303 e. The first-order valence-corrected chi connectivity index (χ1v) is 2.55. The molecule has 0 unspecified atom stereocenters. The average molecular weight is 111 g/mol. The molecule has 0 aromatic carbocycles. The van der Waals surface area contributed by atoms with Crippen molar-refractivity contribution in [3.63, 3.8) is 0 Å². The van der Waals surface area contributed by atoms with Gasteiger partial charge in [0.25, 0.3) is 0 Å². The number of nitrogens with two attached hydrogens (primary N) is 1. The maximum Gasteiger partial charge on any atom is 0.303 e. The Bertz CT molecular complexity index is 97.1. The van der Waals surface area contributed by atoms with Crippen molar-refractivity contribution < 1.29 is 5.02 Å². The Hall–Kier alpha value is -0.455. The third-order valence-electron chi connectivity index (χ3n) is 0.973. The minimum Gasteiger partial charge on any atom is -0.449 e. The van der Waals surface area contributed by atoms with Crippen molar-refractivity contribution in [2.45, 2.75) is 19.2 Å². The normalized spacial score (nSPS) is 12.2. The summed E-state index contributed by atoms with van der Waals surface area (Å²) in [6.07, 6.45) is 5.37. The molecule has 0 radical (unpaired) electrons. The van der Waals surface area contributed by atoms with Crippen LogP contribution in [-0.4, -0.2) is 17.9 Å². The Kier molecular flexibility index (Phi) is 3.33. The van der Waals surface area contributed by atoms with Crippen molar-refractivity contribution in [2.75, 3.05) is 0 Å². The highest BCUT2D eigenvalue weighted by atomic mass is 16.2. The highest BCUT2D eigenvalue weighted by Gasteiger charge is 2.11. The molecule has 8 heavy (non-hydrogen) atoms. The van der Waals surface area contributed by atoms with Crippen LogP contribution in [0.3, 0.4) is 0 Å². The molecule has 0 saturated carbocycles. The van der Waals surface area contributed by atoms with Crippen LogP contribution in [0.25, 0.3) is 0 Å². The fraction of sp³-hybridized carbons (Fsp3) is 0.600. The molecule has 0 heterocycles. The zero-order valence-corrected chi connectivity index (χ0v) is 4.96. The molecule has 3 heteroatoms. The predicted octanol–water partition coefficient (Wildman–Crippen LogP) is -0.510. The van der Waals surface area contributed by atoms with Crippen LogP contribution in [0, 0.1) is 12.3 Å². The van der Waals surface area contributed by atoms with E-state index in [0.29, 0.717) is 6.42 Å². The first kappa shape index (κ1) is 7.54. The largest absolute Gasteiger partial charge is 0.449 e. The maximum atomic E-state index is 8.73. The summed E-state index contributed by atoms with van der Waals surface area (Å²) in [4.78, 5) is 0. The van der Waals surface area contributed by atoms with Crippen molar-refractivity contribution in [2.24, 2.45) is 5.73 Å². The van der Waals surface area contributed by atoms with Gasteiger partial charge in [0, 0.05) is 12.4 Å². The van der Waals surface area contributed by atoms with Gasteiger partial charge in [-0.1, -0.05) is 6.82 Å². The molecule has 0 rings (SSSR count). The van der Waals surface area contributed by atoms with Gasteiger partial charge >= 0.3 is 6.92 Å². The van der Waals surface area contributed by atoms with Gasteiger partial charge < -0.3 is 10.8 Å². The quantitative estimate of drug-likeness (QED) is 0.372. The maximum absolute atomic E-state index is 8.73. The Morgan fingerprint density at radius 2 is 2.50 bits per heavy atom. The summed E-state index contributed by atoms with van der Waals surface area (Å²) in [7, 11) is 0. The Morgan fingerprint density at radius 1 is 2.00 bits per heavy atom. The third-order valence-corrected chi connectivity index (χ3v) is 0.973. The average Bonchev–Trinajstić information content (AvgIpc) is 1.67. The fourth-order valence-electron chi connectivity index (χ4n) is 0.307. The van der Waals surface area contributed by atoms with Crippen LogP contribution >= 0.6 is 0 Å². The van der Waals surface area contributed by atoms with E-state index in [2.05, 4.69) is 5.92 Å². The minimum atomic E-state index is -0.494. The number of hydrogen-bond acceptors (Lipinski definition) is 2. The zero-order valence-electron chi connectivity index (χ0n) is 4.96. The van der Waals surface area contributed by atoms with E-state index in [9.17, 15) is 0 Å². The lowest BCUT2D eigenvalue weighted by molar-refractivity contribution is 0.555. The fourth-order valence-corrected chi connectivity index (χ4v) is 0.307. The van der Waals surface area contributed by atoms with Gasteiger partial charge in [-0.2, -0.15) is 0 Å². The molecule has 3 N–H and O–H groups in total. The van der Waals surface area contributed by atoms with Gasteiger partial charge in [-0.05, 0) is 0 Å². The molecular weight excluding hydrogens is 101 g/mol. The van der Waals surface area contributed by atoms with Crippen LogP contribution in [0.5, 0.6) is 0 Å². The Balaban J connectivity index is 3.35. The third kappa shape index (κ3) is 2.67. The van der Waals surface area contributed by atoms with Crippen molar-refractivity contribution in [1.29, 1.82) is 0 Å². The lowest BCUT2D eigenvalue weighted by Gasteiger charge is -2.05. The van der Waals surface area contributed by atoms with E-state index >= 15 is 0 Å². The Morgan fingerprint density at radius 3 is 2.62 bits per heavy atom. The second-order valence-corrected chi connectivity index (χ2v) is 1.81. The van der Waals surface area contributed by atoms with Gasteiger partial charge in [-0.3, -0.25) is 0 Å². The molecule has 1 atom stereocenters. The molecule has 0 amide bonds. The molecule has 0 saturated heterocycles. The lowest BCUT2D eigenvalue weighted by atomic mass is 9.63. The van der Waals surface area contributed by atoms with E-state index in [1.165, 1.54) is 0 Å². The number of rotatable bonds is 2. The van der Waals surface area contributed by atoms with E-state index < -0.39 is 6.92 Å². The van der Waals surface area contributed by atoms with Gasteiger partial charge in [-0.15, -0.1) is 12.3 Å². The molecule has 0 aliphatic carbocycles. The predicted molar refractivity (Wildman–Crippen MR) is 35.3 cm³/mol. The summed E-state index contributed by atoms with van der Waals surface area (Å²) >= 11 is 0. The summed E-state index contributed by atoms with van der Waals surface area (Å²) < 4.78 is 0. The van der Waals surface area contributed by atoms with Gasteiger partial charge in [0.1, 0.15) is 0 Å². The second-order valence-electron chi connectivity index (χ2n) is 1.81. The van der Waals surface area contributed by atoms with Crippen molar-refractivity contribution in [1.82, 2.24) is 0 Å². The summed E-state index contributed by atoms with van der Waals surface area (Å²) in [6.45, 7) is 1.13. The molecule has 0 aliphatic heterocycles. The van der Waals surface area contributed by atoms with Crippen molar-refractivity contribution in [3.8, 4) is 12.3 Å². The molecule has 0 aliphatic rings. The summed E-state index contributed by atoms with van der Waals surface area (Å²) in [5, 5.41) is 8.73. The molecule has 2 nitrogen and oxygen atoms in total. The van der Waals surface area contributed by atoms with Gasteiger partial charge in [-0.25, -0.2) is 0 Å². The van der Waals surface area contributed by atoms with E-state index in [4.69, 9.17) is 17.2 Å². The molecule has 0 aromatic rings.